The van der Waals surface area contributed by atoms with Crippen LogP contribution >= 0.6 is 11.8 Å². The molecule has 8 nitrogen and oxygen atoms in total. The molecule has 0 radical (unpaired) electrons. The molecule has 2 N–H and O–H groups in total. The van der Waals surface area contributed by atoms with Crippen molar-refractivity contribution in [1.29, 1.82) is 0 Å². The molecule has 1 saturated heterocycles. The number of aliphatic hydroxyl groups excluding tert-OH is 1. The molecule has 1 fully saturated rings. The maximum absolute atomic E-state index is 15.5. The Kier molecular flexibility index (Phi) is 10.1. The Morgan fingerprint density at radius 1 is 1.09 bits per heavy atom. The van der Waals surface area contributed by atoms with E-state index in [1.807, 2.05) is 12.1 Å². The minimum atomic E-state index is -4.77. The smallest absolute Gasteiger partial charge is 0.406 e. The number of alkyl halides is 4. The average molecular weight is 643 g/mol. The highest BCUT2D eigenvalue weighted by molar-refractivity contribution is 8.14. The molecule has 3 aromatic carbocycles. The SMILES string of the molecule is CCc1ccccc1N1C(=NC(O)NC(C)C(F)c2ccc(-c3ncn(-c4ccc(OC(F)(F)F)cc4)n3)cc2)SCCC1C. The second-order valence-electron chi connectivity index (χ2n) is 10.7. The highest BCUT2D eigenvalue weighted by Gasteiger charge is 2.31. The zero-order valence-electron chi connectivity index (χ0n) is 24.9. The van der Waals surface area contributed by atoms with Crippen molar-refractivity contribution in [2.24, 2.45) is 4.99 Å². The van der Waals surface area contributed by atoms with Crippen molar-refractivity contribution in [2.45, 2.75) is 64.6 Å². The van der Waals surface area contributed by atoms with Crippen LogP contribution in [0.1, 0.15) is 44.5 Å². The molecule has 13 heteroatoms. The van der Waals surface area contributed by atoms with Gasteiger partial charge < -0.3 is 14.7 Å². The number of benzene rings is 3. The fraction of sp³-hybridized carbons (Fsp3) is 0.344. The van der Waals surface area contributed by atoms with E-state index in [9.17, 15) is 18.3 Å². The van der Waals surface area contributed by atoms with Gasteiger partial charge in [0.05, 0.1) is 5.69 Å². The molecule has 0 amide bonds. The fourth-order valence-electron chi connectivity index (χ4n) is 5.08. The quantitative estimate of drug-likeness (QED) is 0.142. The van der Waals surface area contributed by atoms with Gasteiger partial charge in [-0.15, -0.1) is 18.3 Å². The lowest BCUT2D eigenvalue weighted by Crippen LogP contribution is -2.44. The second kappa shape index (κ2) is 14.0. The Hall–Kier alpha value is -3.94. The number of nitrogens with zero attached hydrogens (tertiary/aromatic N) is 5. The van der Waals surface area contributed by atoms with Crippen LogP contribution in [0.3, 0.4) is 0 Å². The molecule has 0 saturated carbocycles. The van der Waals surface area contributed by atoms with Gasteiger partial charge in [0, 0.05) is 29.1 Å². The standard InChI is InChI=1S/C32H34F4N6O2S/c1-4-22-7-5-6-8-27(22)42-20(2)17-18-45-31(42)39-30(43)38-21(3)28(33)23-9-11-24(12-10-23)29-37-19-41(40-29)25-13-15-26(16-14-25)44-32(34,35)36/h5-16,19-21,28,30,38,43H,4,17-18H2,1-3H3. The first-order chi connectivity index (χ1) is 21.5. The van der Waals surface area contributed by atoms with Crippen LogP contribution in [0.2, 0.25) is 0 Å². The van der Waals surface area contributed by atoms with Crippen molar-refractivity contribution in [1.82, 2.24) is 20.1 Å². The Bertz CT molecular complexity index is 1600. The van der Waals surface area contributed by atoms with Crippen molar-refractivity contribution >= 4 is 22.6 Å². The highest BCUT2D eigenvalue weighted by atomic mass is 32.2. The molecule has 0 spiro atoms. The molecular formula is C32H34F4N6O2S. The Morgan fingerprint density at radius 3 is 2.49 bits per heavy atom. The van der Waals surface area contributed by atoms with Crippen LogP contribution < -0.4 is 15.0 Å². The van der Waals surface area contributed by atoms with Crippen molar-refractivity contribution in [2.75, 3.05) is 10.7 Å². The van der Waals surface area contributed by atoms with Crippen molar-refractivity contribution in [3.05, 3.63) is 90.3 Å². The number of anilines is 1. The van der Waals surface area contributed by atoms with E-state index in [2.05, 4.69) is 56.0 Å². The summed E-state index contributed by atoms with van der Waals surface area (Å²) >= 11 is 1.57. The van der Waals surface area contributed by atoms with E-state index < -0.39 is 24.9 Å². The molecule has 1 aromatic heterocycles. The minimum absolute atomic E-state index is 0.203. The summed E-state index contributed by atoms with van der Waals surface area (Å²) < 4.78 is 58.1. The van der Waals surface area contributed by atoms with Gasteiger partial charge >= 0.3 is 6.36 Å². The van der Waals surface area contributed by atoms with Gasteiger partial charge in [-0.05, 0) is 68.1 Å². The van der Waals surface area contributed by atoms with E-state index in [-0.39, 0.29) is 11.8 Å². The molecule has 4 aromatic rings. The molecular weight excluding hydrogens is 608 g/mol. The summed E-state index contributed by atoms with van der Waals surface area (Å²) in [6.07, 6.45) is -4.23. The lowest BCUT2D eigenvalue weighted by molar-refractivity contribution is -0.274. The van der Waals surface area contributed by atoms with Gasteiger partial charge in [0.2, 0.25) is 6.35 Å². The first kappa shape index (κ1) is 32.5. The molecule has 238 valence electrons. The van der Waals surface area contributed by atoms with Gasteiger partial charge in [0.15, 0.2) is 11.0 Å². The molecule has 0 aliphatic carbocycles. The van der Waals surface area contributed by atoms with Crippen LogP contribution in [0.15, 0.2) is 84.1 Å². The third kappa shape index (κ3) is 8.02. The van der Waals surface area contributed by atoms with Gasteiger partial charge in [-0.2, -0.15) is 0 Å². The molecule has 2 heterocycles. The predicted molar refractivity (Wildman–Crippen MR) is 168 cm³/mol. The summed E-state index contributed by atoms with van der Waals surface area (Å²) in [5.41, 5.74) is 3.78. The second-order valence-corrected chi connectivity index (χ2v) is 11.7. The number of rotatable bonds is 10. The Balaban J connectivity index is 1.23. The maximum Gasteiger partial charge on any atom is 0.573 e. The molecule has 4 atom stereocenters. The molecule has 1 aliphatic heterocycles. The summed E-state index contributed by atoms with van der Waals surface area (Å²) in [5, 5.41) is 18.8. The van der Waals surface area contributed by atoms with Gasteiger partial charge in [-0.3, -0.25) is 5.32 Å². The lowest BCUT2D eigenvalue weighted by Gasteiger charge is -2.37. The fourth-order valence-corrected chi connectivity index (χ4v) is 6.31. The number of amidine groups is 1. The van der Waals surface area contributed by atoms with Crippen LogP contribution in [0.4, 0.5) is 23.2 Å². The van der Waals surface area contributed by atoms with Crippen molar-refractivity contribution in [3.63, 3.8) is 0 Å². The van der Waals surface area contributed by atoms with E-state index in [1.54, 1.807) is 43.0 Å². The van der Waals surface area contributed by atoms with Crippen LogP contribution in [0.5, 0.6) is 5.75 Å². The summed E-state index contributed by atoms with van der Waals surface area (Å²) in [4.78, 5) is 11.0. The summed E-state index contributed by atoms with van der Waals surface area (Å²) in [6.45, 7) is 5.89. The van der Waals surface area contributed by atoms with Crippen LogP contribution in [-0.2, 0) is 6.42 Å². The molecule has 0 bridgehead atoms. The van der Waals surface area contributed by atoms with Gasteiger partial charge in [-0.25, -0.2) is 19.0 Å². The van der Waals surface area contributed by atoms with E-state index >= 15 is 4.39 Å². The zero-order chi connectivity index (χ0) is 32.1. The summed E-state index contributed by atoms with van der Waals surface area (Å²) in [7, 11) is 0. The number of thioether (sulfide) groups is 1. The number of nitrogens with one attached hydrogen (secondary N) is 1. The van der Waals surface area contributed by atoms with Crippen LogP contribution in [0.25, 0.3) is 17.1 Å². The molecule has 45 heavy (non-hydrogen) atoms. The topological polar surface area (TPSA) is 87.8 Å². The average Bonchev–Trinajstić information content (AvgIpc) is 3.51. The Labute approximate surface area is 263 Å². The third-order valence-corrected chi connectivity index (χ3v) is 8.44. The number of aliphatic imine (C=N–C) groups is 1. The van der Waals surface area contributed by atoms with Gasteiger partial charge in [0.25, 0.3) is 0 Å². The number of aliphatic hydroxyl groups is 1. The highest BCUT2D eigenvalue weighted by Crippen LogP contribution is 2.32. The number of aryl methyl sites for hydroxylation is 1. The van der Waals surface area contributed by atoms with E-state index in [1.165, 1.54) is 40.8 Å². The number of hydrogen-bond donors (Lipinski definition) is 2. The summed E-state index contributed by atoms with van der Waals surface area (Å²) in [5.74, 6) is 0.897. The van der Waals surface area contributed by atoms with Crippen LogP contribution in [-0.4, -0.2) is 55.6 Å². The third-order valence-electron chi connectivity index (χ3n) is 7.44. The summed E-state index contributed by atoms with van der Waals surface area (Å²) in [6, 6.07) is 19.5. The zero-order valence-corrected chi connectivity index (χ0v) is 25.8. The largest absolute Gasteiger partial charge is 0.573 e. The Morgan fingerprint density at radius 2 is 1.80 bits per heavy atom. The number of aromatic nitrogens is 3. The molecule has 5 rings (SSSR count). The molecule has 4 unspecified atom stereocenters. The van der Waals surface area contributed by atoms with Crippen molar-refractivity contribution < 1.29 is 27.4 Å². The molecule has 1 aliphatic rings. The first-order valence-electron chi connectivity index (χ1n) is 14.6. The van der Waals surface area contributed by atoms with Crippen molar-refractivity contribution in [3.8, 4) is 22.8 Å². The maximum atomic E-state index is 15.5. The van der Waals surface area contributed by atoms with Gasteiger partial charge in [0.1, 0.15) is 18.2 Å². The van der Waals surface area contributed by atoms with Gasteiger partial charge in [-0.1, -0.05) is 61.2 Å². The minimum Gasteiger partial charge on any atom is -0.406 e. The first-order valence-corrected chi connectivity index (χ1v) is 15.5. The number of halogens is 4. The monoisotopic (exact) mass is 642 g/mol. The number of ether oxygens (including phenoxy) is 1. The normalized spacial score (nSPS) is 18.5. The number of para-hydroxylation sites is 1. The number of hydrogen-bond acceptors (Lipinski definition) is 7. The van der Waals surface area contributed by atoms with E-state index in [0.29, 0.717) is 27.8 Å². The lowest BCUT2D eigenvalue weighted by atomic mass is 10.0. The van der Waals surface area contributed by atoms with Crippen LogP contribution in [0, 0.1) is 0 Å². The predicted octanol–water partition coefficient (Wildman–Crippen LogP) is 7.05. The van der Waals surface area contributed by atoms with E-state index in [4.69, 9.17) is 0 Å². The van der Waals surface area contributed by atoms with E-state index in [0.717, 1.165) is 24.3 Å².